The summed E-state index contributed by atoms with van der Waals surface area (Å²) in [6.45, 7) is 1.30. The van der Waals surface area contributed by atoms with Gasteiger partial charge in [0.2, 0.25) is 5.09 Å². The first-order chi connectivity index (χ1) is 18.2. The minimum Gasteiger partial charge on any atom is -0.443 e. The van der Waals surface area contributed by atoms with Crippen molar-refractivity contribution in [3.05, 3.63) is 92.5 Å². The second kappa shape index (κ2) is 10.3. The molecule has 0 aliphatic heterocycles. The number of benzene rings is 2. The molecule has 0 saturated carbocycles. The van der Waals surface area contributed by atoms with Gasteiger partial charge in [-0.2, -0.15) is 17.9 Å². The van der Waals surface area contributed by atoms with Gasteiger partial charge in [-0.25, -0.2) is 17.6 Å². The molecule has 1 N–H and O–H groups in total. The number of fused-ring (bicyclic) bond motifs is 1. The fourth-order valence-corrected chi connectivity index (χ4v) is 5.05. The summed E-state index contributed by atoms with van der Waals surface area (Å²) in [5.41, 5.74) is -2.21. The van der Waals surface area contributed by atoms with E-state index < -0.39 is 55.7 Å². The molecule has 2 aromatic carbocycles. The summed E-state index contributed by atoms with van der Waals surface area (Å²) in [4.78, 5) is 37.9. The van der Waals surface area contributed by atoms with Gasteiger partial charge in [-0.05, 0) is 55.8 Å². The molecule has 14 heteroatoms. The summed E-state index contributed by atoms with van der Waals surface area (Å²) in [7, 11) is -3.10. The Bertz CT molecular complexity index is 1790. The second-order valence-corrected chi connectivity index (χ2v) is 10.4. The highest BCUT2D eigenvalue weighted by Gasteiger charge is 2.30. The number of sulfonamides is 1. The van der Waals surface area contributed by atoms with E-state index in [2.05, 4.69) is 4.72 Å². The van der Waals surface area contributed by atoms with Crippen LogP contribution in [0.15, 0.2) is 73.8 Å². The number of halogens is 4. The van der Waals surface area contributed by atoms with Gasteiger partial charge in [0.05, 0.1) is 17.3 Å². The summed E-state index contributed by atoms with van der Waals surface area (Å²) in [6.07, 6.45) is -3.90. The Morgan fingerprint density at radius 3 is 2.38 bits per heavy atom. The average Bonchev–Trinajstić information content (AvgIpc) is 3.30. The van der Waals surface area contributed by atoms with Gasteiger partial charge in [-0.1, -0.05) is 0 Å². The average molecular weight is 568 g/mol. The van der Waals surface area contributed by atoms with E-state index in [0.717, 1.165) is 57.8 Å². The number of hydrogen-bond donors (Lipinski definition) is 1. The van der Waals surface area contributed by atoms with Crippen LogP contribution < -0.4 is 16.0 Å². The molecule has 206 valence electrons. The lowest BCUT2D eigenvalue weighted by Gasteiger charge is -2.14. The number of aromatic nitrogens is 2. The number of ketones is 1. The van der Waals surface area contributed by atoms with Gasteiger partial charge in [-0.15, -0.1) is 0 Å². The Morgan fingerprint density at radius 1 is 1.08 bits per heavy atom. The van der Waals surface area contributed by atoms with E-state index in [-0.39, 0.29) is 35.1 Å². The quantitative estimate of drug-likeness (QED) is 0.326. The molecular weight excluding hydrogens is 546 g/mol. The van der Waals surface area contributed by atoms with Crippen LogP contribution >= 0.6 is 0 Å². The third kappa shape index (κ3) is 5.86. The maximum absolute atomic E-state index is 13.4. The first-order valence-electron chi connectivity index (χ1n) is 11.4. The van der Waals surface area contributed by atoms with Crippen LogP contribution in [-0.4, -0.2) is 29.4 Å². The van der Waals surface area contributed by atoms with E-state index in [1.165, 1.54) is 20.0 Å². The lowest BCUT2D eigenvalue weighted by Crippen LogP contribution is -2.40. The van der Waals surface area contributed by atoms with Crippen molar-refractivity contribution in [1.29, 1.82) is 0 Å². The van der Waals surface area contributed by atoms with Crippen LogP contribution in [0.3, 0.4) is 0 Å². The van der Waals surface area contributed by atoms with Crippen LogP contribution in [0.1, 0.15) is 24.5 Å². The number of carbonyl (C=O) groups is 1. The van der Waals surface area contributed by atoms with Crippen LogP contribution in [0.5, 0.6) is 0 Å². The summed E-state index contributed by atoms with van der Waals surface area (Å²) >= 11 is 0. The SMILES string of the molecule is C[C@H](NS(=O)(=O)c1cc2cc(F)ccc2o1)C(=O)CCc1cn(-c2ccc(C(F)(F)F)cc2)c(=O)n(C)c1=O. The Hall–Kier alpha value is -4.04. The zero-order valence-electron chi connectivity index (χ0n) is 20.5. The van der Waals surface area contributed by atoms with Crippen molar-refractivity contribution in [2.75, 3.05) is 0 Å². The maximum Gasteiger partial charge on any atom is 0.416 e. The molecule has 0 amide bonds. The molecule has 9 nitrogen and oxygen atoms in total. The normalized spacial score (nSPS) is 13.1. The number of alkyl halides is 3. The maximum atomic E-state index is 13.4. The van der Waals surface area contributed by atoms with Gasteiger partial charge in [0, 0.05) is 36.7 Å². The smallest absolute Gasteiger partial charge is 0.416 e. The van der Waals surface area contributed by atoms with Crippen molar-refractivity contribution in [2.24, 2.45) is 7.05 Å². The van der Waals surface area contributed by atoms with E-state index in [9.17, 15) is 40.4 Å². The minimum absolute atomic E-state index is 0.0136. The van der Waals surface area contributed by atoms with Gasteiger partial charge < -0.3 is 4.42 Å². The highest BCUT2D eigenvalue weighted by Crippen LogP contribution is 2.29. The van der Waals surface area contributed by atoms with Crippen molar-refractivity contribution < 1.29 is 35.2 Å². The molecule has 4 aromatic rings. The Kier molecular flexibility index (Phi) is 7.36. The fraction of sp³-hybridized carbons (Fsp3) is 0.240. The minimum atomic E-state index is -4.57. The highest BCUT2D eigenvalue weighted by molar-refractivity contribution is 7.89. The third-order valence-corrected chi connectivity index (χ3v) is 7.40. The molecule has 1 atom stereocenters. The number of aryl methyl sites for hydroxylation is 1. The van der Waals surface area contributed by atoms with Gasteiger partial charge in [0.15, 0.2) is 5.78 Å². The van der Waals surface area contributed by atoms with Crippen LogP contribution in [0, 0.1) is 5.82 Å². The highest BCUT2D eigenvalue weighted by atomic mass is 32.2. The van der Waals surface area contributed by atoms with Crippen molar-refractivity contribution in [3.63, 3.8) is 0 Å². The van der Waals surface area contributed by atoms with Crippen molar-refractivity contribution >= 4 is 26.8 Å². The molecule has 0 unspecified atom stereocenters. The van der Waals surface area contributed by atoms with Gasteiger partial charge in [0.1, 0.15) is 11.4 Å². The molecule has 4 rings (SSSR count). The van der Waals surface area contributed by atoms with E-state index in [4.69, 9.17) is 4.42 Å². The zero-order chi connectivity index (χ0) is 28.7. The number of furan rings is 1. The van der Waals surface area contributed by atoms with E-state index in [1.807, 2.05) is 0 Å². The molecular formula is C25H21F4N3O6S. The van der Waals surface area contributed by atoms with Crippen LogP contribution in [-0.2, 0) is 34.5 Å². The molecule has 0 radical (unpaired) electrons. The molecule has 0 spiro atoms. The van der Waals surface area contributed by atoms with Crippen LogP contribution in [0.2, 0.25) is 0 Å². The number of Topliss-reactive ketones (excluding diaryl/α,β-unsaturated/α-hetero) is 1. The third-order valence-electron chi connectivity index (χ3n) is 6.01. The van der Waals surface area contributed by atoms with Gasteiger partial charge >= 0.3 is 11.9 Å². The summed E-state index contributed by atoms with van der Waals surface area (Å²) in [5.74, 6) is -1.17. The van der Waals surface area contributed by atoms with E-state index >= 15 is 0 Å². The van der Waals surface area contributed by atoms with E-state index in [0.29, 0.717) is 0 Å². The largest absolute Gasteiger partial charge is 0.443 e. The summed E-state index contributed by atoms with van der Waals surface area (Å²) in [5, 5.41) is -0.298. The first kappa shape index (κ1) is 28.0. The topological polar surface area (TPSA) is 120 Å². The molecule has 0 fully saturated rings. The Labute approximate surface area is 218 Å². The number of nitrogens with zero attached hydrogens (tertiary/aromatic N) is 2. The second-order valence-electron chi connectivity index (χ2n) is 8.77. The number of nitrogens with one attached hydrogen (secondary N) is 1. The first-order valence-corrected chi connectivity index (χ1v) is 12.9. The monoisotopic (exact) mass is 567 g/mol. The van der Waals surface area contributed by atoms with Crippen molar-refractivity contribution in [1.82, 2.24) is 13.9 Å². The predicted octanol–water partition coefficient (Wildman–Crippen LogP) is 3.31. The summed E-state index contributed by atoms with van der Waals surface area (Å²) in [6, 6.07) is 7.09. The molecule has 0 saturated heterocycles. The molecule has 0 aliphatic carbocycles. The fourth-order valence-electron chi connectivity index (χ4n) is 3.85. The standard InChI is InChI=1S/C25H21F4N3O6S/c1-14(30-39(36,37)22-12-16-11-18(26)6-10-21(16)38-22)20(33)9-3-15-13-32(24(35)31(2)23(15)34)19-7-4-17(5-8-19)25(27,28)29/h4-8,10-14,30H,3,9H2,1-2H3/t14-/m0/s1. The lowest BCUT2D eigenvalue weighted by atomic mass is 10.1. The molecule has 2 aromatic heterocycles. The van der Waals surface area contributed by atoms with Gasteiger partial charge in [0.25, 0.3) is 15.6 Å². The van der Waals surface area contributed by atoms with Crippen molar-refractivity contribution in [3.8, 4) is 5.69 Å². The summed E-state index contributed by atoms with van der Waals surface area (Å²) < 4.78 is 86.6. The lowest BCUT2D eigenvalue weighted by molar-refractivity contribution is -0.137. The number of rotatable bonds is 8. The van der Waals surface area contributed by atoms with Gasteiger partial charge in [-0.3, -0.25) is 18.7 Å². The Morgan fingerprint density at radius 2 is 1.74 bits per heavy atom. The molecule has 0 aliphatic rings. The molecule has 2 heterocycles. The van der Waals surface area contributed by atoms with Crippen LogP contribution in [0.25, 0.3) is 16.7 Å². The molecule has 0 bridgehead atoms. The molecule has 39 heavy (non-hydrogen) atoms. The predicted molar refractivity (Wildman–Crippen MR) is 132 cm³/mol. The van der Waals surface area contributed by atoms with Crippen molar-refractivity contribution in [2.45, 2.75) is 37.1 Å². The van der Waals surface area contributed by atoms with Crippen LogP contribution in [0.4, 0.5) is 17.6 Å². The number of hydrogen-bond acceptors (Lipinski definition) is 6. The van der Waals surface area contributed by atoms with E-state index in [1.54, 1.807) is 0 Å². The zero-order valence-corrected chi connectivity index (χ0v) is 21.3. The number of carbonyl (C=O) groups excluding carboxylic acids is 1. The Balaban J connectivity index is 1.50.